The first-order valence-corrected chi connectivity index (χ1v) is 6.56. The van der Waals surface area contributed by atoms with Crippen LogP contribution in [0.25, 0.3) is 0 Å². The molecule has 0 bridgehead atoms. The van der Waals surface area contributed by atoms with Crippen LogP contribution in [0, 0.1) is 5.41 Å². The average molecular weight is 240 g/mol. The summed E-state index contributed by atoms with van der Waals surface area (Å²) in [6, 6.07) is 0. The first kappa shape index (κ1) is 16.2. The molecule has 0 N–H and O–H groups in total. The topological polar surface area (TPSA) is 26.3 Å². The lowest BCUT2D eigenvalue weighted by atomic mass is 9.81. The summed E-state index contributed by atoms with van der Waals surface area (Å²) in [6.07, 6.45) is 8.92. The van der Waals surface area contributed by atoms with E-state index >= 15 is 0 Å². The molecule has 0 atom stereocenters. The van der Waals surface area contributed by atoms with Crippen molar-refractivity contribution in [3.63, 3.8) is 0 Å². The van der Waals surface area contributed by atoms with Gasteiger partial charge in [-0.05, 0) is 32.1 Å². The lowest BCUT2D eigenvalue weighted by molar-refractivity contribution is -0.155. The van der Waals surface area contributed by atoms with Crippen LogP contribution in [-0.2, 0) is 9.53 Å². The van der Waals surface area contributed by atoms with Crippen LogP contribution in [0.1, 0.15) is 67.2 Å². The van der Waals surface area contributed by atoms with E-state index in [1.165, 1.54) is 19.8 Å². The van der Waals surface area contributed by atoms with Crippen molar-refractivity contribution in [2.45, 2.75) is 72.8 Å². The van der Waals surface area contributed by atoms with E-state index in [-0.39, 0.29) is 11.4 Å². The van der Waals surface area contributed by atoms with Crippen LogP contribution in [0.4, 0.5) is 0 Å². The summed E-state index contributed by atoms with van der Waals surface area (Å²) in [4.78, 5) is 11.0. The Morgan fingerprint density at radius 1 is 1.24 bits per heavy atom. The molecule has 0 aliphatic heterocycles. The van der Waals surface area contributed by atoms with Gasteiger partial charge in [0.25, 0.3) is 0 Å². The molecule has 0 heterocycles. The molecule has 0 aromatic heterocycles. The highest BCUT2D eigenvalue weighted by Crippen LogP contribution is 2.31. The molecular formula is C15H28O2. The lowest BCUT2D eigenvalue weighted by Gasteiger charge is -2.32. The quantitative estimate of drug-likeness (QED) is 0.372. The van der Waals surface area contributed by atoms with Crippen molar-refractivity contribution < 1.29 is 9.53 Å². The zero-order valence-electron chi connectivity index (χ0n) is 12.3. The second kappa shape index (κ2) is 6.83. The van der Waals surface area contributed by atoms with Crippen LogP contribution < -0.4 is 0 Å². The van der Waals surface area contributed by atoms with Gasteiger partial charge in [-0.1, -0.05) is 45.8 Å². The summed E-state index contributed by atoms with van der Waals surface area (Å²) in [5, 5.41) is 0. The van der Waals surface area contributed by atoms with Gasteiger partial charge >= 0.3 is 5.97 Å². The second-order valence-electron chi connectivity index (χ2n) is 6.06. The van der Waals surface area contributed by atoms with E-state index in [4.69, 9.17) is 4.74 Å². The number of carbonyl (C=O) groups is 1. The molecule has 0 aliphatic rings. The van der Waals surface area contributed by atoms with Crippen LogP contribution >= 0.6 is 0 Å². The predicted molar refractivity (Wildman–Crippen MR) is 72.9 cm³/mol. The Hall–Kier alpha value is -0.790. The minimum Gasteiger partial charge on any atom is -0.460 e. The van der Waals surface area contributed by atoms with Gasteiger partial charge < -0.3 is 4.74 Å². The summed E-state index contributed by atoms with van der Waals surface area (Å²) in [5.74, 6) is -0.208. The summed E-state index contributed by atoms with van der Waals surface area (Å²) in [6.45, 7) is 12.0. The van der Waals surface area contributed by atoms with Gasteiger partial charge in [0.05, 0.1) is 0 Å². The fourth-order valence-corrected chi connectivity index (χ4v) is 2.31. The summed E-state index contributed by atoms with van der Waals surface area (Å²) in [5.41, 5.74) is -0.336. The van der Waals surface area contributed by atoms with E-state index in [1.54, 1.807) is 0 Å². The summed E-state index contributed by atoms with van der Waals surface area (Å²) < 4.78 is 5.33. The number of hydrogen-bond acceptors (Lipinski definition) is 2. The SMILES string of the molecule is CCCC/C=C\C(C)(C)CC(C)(C)OC(C)=O. The fourth-order valence-electron chi connectivity index (χ4n) is 2.31. The molecule has 100 valence electrons. The third-order valence-electron chi connectivity index (χ3n) is 2.59. The molecule has 0 aliphatic carbocycles. The zero-order chi connectivity index (χ0) is 13.5. The van der Waals surface area contributed by atoms with Gasteiger partial charge in [0.1, 0.15) is 5.60 Å². The number of unbranched alkanes of at least 4 members (excludes halogenated alkanes) is 2. The Morgan fingerprint density at radius 3 is 2.29 bits per heavy atom. The largest absolute Gasteiger partial charge is 0.460 e. The number of allylic oxidation sites excluding steroid dienone is 2. The second-order valence-corrected chi connectivity index (χ2v) is 6.06. The molecular weight excluding hydrogens is 212 g/mol. The monoisotopic (exact) mass is 240 g/mol. The van der Waals surface area contributed by atoms with Crippen molar-refractivity contribution in [1.29, 1.82) is 0 Å². The first-order valence-electron chi connectivity index (χ1n) is 6.56. The number of esters is 1. The molecule has 0 radical (unpaired) electrons. The van der Waals surface area contributed by atoms with Gasteiger partial charge in [-0.2, -0.15) is 0 Å². The van der Waals surface area contributed by atoms with Crippen LogP contribution in [0.3, 0.4) is 0 Å². The van der Waals surface area contributed by atoms with E-state index < -0.39 is 5.60 Å². The van der Waals surface area contributed by atoms with Gasteiger partial charge in [-0.15, -0.1) is 0 Å². The molecule has 17 heavy (non-hydrogen) atoms. The maximum absolute atomic E-state index is 11.0. The normalized spacial score (nSPS) is 13.1. The maximum atomic E-state index is 11.0. The van der Waals surface area contributed by atoms with E-state index in [1.807, 2.05) is 13.8 Å². The number of rotatable bonds is 7. The Morgan fingerprint density at radius 2 is 1.82 bits per heavy atom. The molecule has 0 aromatic rings. The van der Waals surface area contributed by atoms with Crippen molar-refractivity contribution in [1.82, 2.24) is 0 Å². The first-order chi connectivity index (χ1) is 7.68. The molecule has 2 nitrogen and oxygen atoms in total. The third-order valence-corrected chi connectivity index (χ3v) is 2.59. The molecule has 0 fully saturated rings. The molecule has 0 unspecified atom stereocenters. The average Bonchev–Trinajstić information content (AvgIpc) is 2.08. The number of hydrogen-bond donors (Lipinski definition) is 0. The van der Waals surface area contributed by atoms with E-state index in [0.717, 1.165) is 12.8 Å². The lowest BCUT2D eigenvalue weighted by Crippen LogP contribution is -2.32. The molecule has 0 saturated carbocycles. The van der Waals surface area contributed by atoms with Gasteiger partial charge in [0, 0.05) is 6.92 Å². The smallest absolute Gasteiger partial charge is 0.303 e. The standard InChI is InChI=1S/C15H28O2/c1-7-8-9-10-11-14(3,4)12-15(5,6)17-13(2)16/h10-11H,7-9,12H2,1-6H3/b11-10-. The molecule has 2 heteroatoms. The van der Waals surface area contributed by atoms with E-state index in [2.05, 4.69) is 32.9 Å². The van der Waals surface area contributed by atoms with Crippen LogP contribution in [0.5, 0.6) is 0 Å². The number of ether oxygens (including phenoxy) is 1. The predicted octanol–water partition coefficient (Wildman–Crippen LogP) is 4.49. The molecule has 0 spiro atoms. The highest BCUT2D eigenvalue weighted by atomic mass is 16.6. The van der Waals surface area contributed by atoms with Crippen molar-refractivity contribution in [3.8, 4) is 0 Å². The van der Waals surface area contributed by atoms with E-state index in [0.29, 0.717) is 0 Å². The fraction of sp³-hybridized carbons (Fsp3) is 0.800. The van der Waals surface area contributed by atoms with Crippen molar-refractivity contribution in [3.05, 3.63) is 12.2 Å². The highest BCUT2D eigenvalue weighted by Gasteiger charge is 2.29. The molecule has 0 saturated heterocycles. The zero-order valence-corrected chi connectivity index (χ0v) is 12.3. The highest BCUT2D eigenvalue weighted by molar-refractivity contribution is 5.66. The summed E-state index contributed by atoms with van der Waals surface area (Å²) >= 11 is 0. The summed E-state index contributed by atoms with van der Waals surface area (Å²) in [7, 11) is 0. The third kappa shape index (κ3) is 8.96. The van der Waals surface area contributed by atoms with Crippen LogP contribution in [0.15, 0.2) is 12.2 Å². The molecule has 0 aromatic carbocycles. The Balaban J connectivity index is 4.31. The van der Waals surface area contributed by atoms with Crippen molar-refractivity contribution >= 4 is 5.97 Å². The Kier molecular flexibility index (Phi) is 6.51. The van der Waals surface area contributed by atoms with Gasteiger partial charge in [-0.25, -0.2) is 0 Å². The minimum absolute atomic E-state index is 0.0622. The van der Waals surface area contributed by atoms with Crippen molar-refractivity contribution in [2.75, 3.05) is 0 Å². The Bertz CT molecular complexity index is 262. The van der Waals surface area contributed by atoms with Gasteiger partial charge in [-0.3, -0.25) is 4.79 Å². The Labute approximate surface area is 106 Å². The number of carbonyl (C=O) groups excluding carboxylic acids is 1. The molecule has 0 rings (SSSR count). The minimum atomic E-state index is -0.398. The van der Waals surface area contributed by atoms with Crippen molar-refractivity contribution in [2.24, 2.45) is 5.41 Å². The van der Waals surface area contributed by atoms with E-state index in [9.17, 15) is 4.79 Å². The van der Waals surface area contributed by atoms with Crippen LogP contribution in [-0.4, -0.2) is 11.6 Å². The molecule has 0 amide bonds. The van der Waals surface area contributed by atoms with Gasteiger partial charge in [0.15, 0.2) is 0 Å². The maximum Gasteiger partial charge on any atom is 0.303 e. The van der Waals surface area contributed by atoms with Crippen LogP contribution in [0.2, 0.25) is 0 Å². The van der Waals surface area contributed by atoms with Gasteiger partial charge in [0.2, 0.25) is 0 Å².